The molecule has 0 saturated carbocycles. The number of rotatable bonds is 6. The third-order valence-corrected chi connectivity index (χ3v) is 4.80. The molecular weight excluding hydrogens is 356 g/mol. The minimum Gasteiger partial charge on any atom is -0.507 e. The summed E-state index contributed by atoms with van der Waals surface area (Å²) in [7, 11) is 0. The SMILES string of the molecule is C=O.CC.CC.OOCc1ccccc1SCSc1ccccc1O. The van der Waals surface area contributed by atoms with E-state index in [0.717, 1.165) is 20.4 Å². The molecule has 0 aromatic heterocycles. The summed E-state index contributed by atoms with van der Waals surface area (Å²) in [6.07, 6.45) is 0. The van der Waals surface area contributed by atoms with E-state index in [1.807, 2.05) is 70.9 Å². The van der Waals surface area contributed by atoms with Crippen molar-refractivity contribution in [2.24, 2.45) is 0 Å². The Morgan fingerprint density at radius 1 is 0.880 bits per heavy atom. The standard InChI is InChI=1S/C14H14O3S2.2C2H6.CH2O/c15-12-6-2-4-8-14(12)19-10-18-13-7-3-1-5-11(13)9-17-16;3*1-2/h1-8,15-16H,9-10H2;2*1-2H3;1H2. The number of thioether (sulfide) groups is 2. The first-order valence-corrected chi connectivity index (χ1v) is 9.95. The zero-order valence-corrected chi connectivity index (χ0v) is 16.9. The van der Waals surface area contributed by atoms with Gasteiger partial charge in [-0.2, -0.15) is 0 Å². The average Bonchev–Trinajstić information content (AvgIpc) is 2.70. The highest BCUT2D eigenvalue weighted by Gasteiger charge is 2.04. The maximum absolute atomic E-state index is 9.66. The molecule has 2 aromatic carbocycles. The largest absolute Gasteiger partial charge is 0.507 e. The molecule has 25 heavy (non-hydrogen) atoms. The molecule has 0 atom stereocenters. The van der Waals surface area contributed by atoms with Gasteiger partial charge in [-0.3, -0.25) is 5.26 Å². The number of carbonyl (C=O) groups excluding carboxylic acids is 1. The summed E-state index contributed by atoms with van der Waals surface area (Å²) in [5.74, 6) is 0.306. The van der Waals surface area contributed by atoms with E-state index < -0.39 is 0 Å². The molecule has 2 N–H and O–H groups in total. The second-order valence-corrected chi connectivity index (χ2v) is 6.16. The highest BCUT2D eigenvalue weighted by atomic mass is 32.2. The molecular formula is C19H28O4S2. The van der Waals surface area contributed by atoms with Crippen molar-refractivity contribution in [2.45, 2.75) is 44.1 Å². The zero-order chi connectivity index (χ0) is 19.5. The van der Waals surface area contributed by atoms with Crippen LogP contribution in [0.25, 0.3) is 0 Å². The Balaban J connectivity index is 0. The normalized spacial score (nSPS) is 8.68. The van der Waals surface area contributed by atoms with E-state index in [9.17, 15) is 5.11 Å². The van der Waals surface area contributed by atoms with Gasteiger partial charge in [0.25, 0.3) is 0 Å². The van der Waals surface area contributed by atoms with E-state index in [1.54, 1.807) is 35.7 Å². The third kappa shape index (κ3) is 10.9. The first-order chi connectivity index (χ1) is 12.3. The molecule has 0 bridgehead atoms. The van der Waals surface area contributed by atoms with Crippen LogP contribution in [0, 0.1) is 0 Å². The van der Waals surface area contributed by atoms with Crippen LogP contribution in [0.4, 0.5) is 0 Å². The van der Waals surface area contributed by atoms with Gasteiger partial charge in [-0.05, 0) is 23.8 Å². The van der Waals surface area contributed by atoms with Crippen LogP contribution in [-0.4, -0.2) is 22.2 Å². The lowest BCUT2D eigenvalue weighted by molar-refractivity contribution is -0.253. The summed E-state index contributed by atoms with van der Waals surface area (Å²) >= 11 is 3.23. The predicted octanol–water partition coefficient (Wildman–Crippen LogP) is 6.09. The monoisotopic (exact) mass is 384 g/mol. The van der Waals surface area contributed by atoms with Gasteiger partial charge in [0.05, 0.1) is 0 Å². The molecule has 4 nitrogen and oxygen atoms in total. The van der Waals surface area contributed by atoms with Gasteiger partial charge in [-0.25, -0.2) is 4.89 Å². The summed E-state index contributed by atoms with van der Waals surface area (Å²) in [5, 5.41) is 19.0. The van der Waals surface area contributed by atoms with Gasteiger partial charge in [0.15, 0.2) is 0 Å². The zero-order valence-electron chi connectivity index (χ0n) is 15.3. The third-order valence-electron chi connectivity index (χ3n) is 2.49. The lowest BCUT2D eigenvalue weighted by Crippen LogP contribution is -1.90. The Kier molecular flexibility index (Phi) is 19.4. The van der Waals surface area contributed by atoms with Crippen molar-refractivity contribution in [3.05, 3.63) is 54.1 Å². The van der Waals surface area contributed by atoms with Crippen LogP contribution in [-0.2, 0) is 16.3 Å². The molecule has 0 heterocycles. The number of phenolic OH excluding ortho intramolecular Hbond substituents is 1. The molecule has 0 spiro atoms. The first-order valence-electron chi connectivity index (χ1n) is 7.98. The Hall–Kier alpha value is -1.47. The summed E-state index contributed by atoms with van der Waals surface area (Å²) in [5.41, 5.74) is 0.952. The van der Waals surface area contributed by atoms with E-state index in [-0.39, 0.29) is 6.61 Å². The van der Waals surface area contributed by atoms with E-state index >= 15 is 0 Å². The minimum atomic E-state index is 0.185. The van der Waals surface area contributed by atoms with E-state index in [2.05, 4.69) is 4.89 Å². The van der Waals surface area contributed by atoms with E-state index in [1.165, 1.54) is 0 Å². The summed E-state index contributed by atoms with van der Waals surface area (Å²) < 4.78 is 0. The van der Waals surface area contributed by atoms with Crippen LogP contribution in [0.3, 0.4) is 0 Å². The van der Waals surface area contributed by atoms with E-state index in [4.69, 9.17) is 10.1 Å². The molecule has 0 aliphatic rings. The summed E-state index contributed by atoms with van der Waals surface area (Å²) in [4.78, 5) is 14.1. The van der Waals surface area contributed by atoms with Crippen LogP contribution in [0.5, 0.6) is 5.75 Å². The van der Waals surface area contributed by atoms with Gasteiger partial charge < -0.3 is 9.90 Å². The average molecular weight is 385 g/mol. The van der Waals surface area contributed by atoms with Crippen LogP contribution >= 0.6 is 23.5 Å². The Morgan fingerprint density at radius 3 is 1.92 bits per heavy atom. The minimum absolute atomic E-state index is 0.185. The Labute approximate surface area is 159 Å². The van der Waals surface area contributed by atoms with Crippen molar-refractivity contribution in [3.63, 3.8) is 0 Å². The molecule has 2 rings (SSSR count). The molecule has 6 heteroatoms. The number of phenols is 1. The second kappa shape index (κ2) is 18.9. The van der Waals surface area contributed by atoms with Gasteiger partial charge in [-0.1, -0.05) is 58.0 Å². The van der Waals surface area contributed by atoms with Gasteiger partial charge in [-0.15, -0.1) is 23.5 Å². The molecule has 140 valence electrons. The van der Waals surface area contributed by atoms with Gasteiger partial charge >= 0.3 is 0 Å². The van der Waals surface area contributed by atoms with Crippen molar-refractivity contribution >= 4 is 30.3 Å². The fourth-order valence-electron chi connectivity index (χ4n) is 1.57. The molecule has 0 saturated heterocycles. The first kappa shape index (κ1) is 25.8. The second-order valence-electron chi connectivity index (χ2n) is 3.76. The predicted molar refractivity (Wildman–Crippen MR) is 108 cm³/mol. The van der Waals surface area contributed by atoms with Crippen LogP contribution in [0.2, 0.25) is 0 Å². The van der Waals surface area contributed by atoms with Crippen LogP contribution in [0.1, 0.15) is 33.3 Å². The molecule has 0 unspecified atom stereocenters. The number of carbonyl (C=O) groups is 1. The molecule has 0 radical (unpaired) electrons. The molecule has 0 aliphatic heterocycles. The van der Waals surface area contributed by atoms with Crippen LogP contribution in [0.15, 0.2) is 58.3 Å². The fraction of sp³-hybridized carbons (Fsp3) is 0.316. The van der Waals surface area contributed by atoms with Gasteiger partial charge in [0.2, 0.25) is 0 Å². The summed E-state index contributed by atoms with van der Waals surface area (Å²) in [6, 6.07) is 15.1. The Bertz CT molecular complexity index is 550. The molecule has 0 aliphatic carbocycles. The van der Waals surface area contributed by atoms with Gasteiger partial charge in [0.1, 0.15) is 19.1 Å². The smallest absolute Gasteiger partial charge is 0.129 e. The highest BCUT2D eigenvalue weighted by molar-refractivity contribution is 8.16. The summed E-state index contributed by atoms with van der Waals surface area (Å²) in [6.45, 7) is 10.2. The maximum Gasteiger partial charge on any atom is 0.129 e. The molecule has 0 fully saturated rings. The lowest BCUT2D eigenvalue weighted by Gasteiger charge is -2.08. The quantitative estimate of drug-likeness (QED) is 0.272. The maximum atomic E-state index is 9.66. The fourth-order valence-corrected chi connectivity index (χ4v) is 3.70. The number of benzene rings is 2. The number of hydrogen-bond acceptors (Lipinski definition) is 6. The highest BCUT2D eigenvalue weighted by Crippen LogP contribution is 2.33. The van der Waals surface area contributed by atoms with Crippen molar-refractivity contribution < 1.29 is 20.0 Å². The molecule has 0 amide bonds. The van der Waals surface area contributed by atoms with Crippen molar-refractivity contribution in [1.29, 1.82) is 0 Å². The Morgan fingerprint density at radius 2 is 1.36 bits per heavy atom. The number of hydrogen-bond donors (Lipinski definition) is 2. The van der Waals surface area contributed by atoms with Crippen molar-refractivity contribution in [3.8, 4) is 5.75 Å². The van der Waals surface area contributed by atoms with Crippen molar-refractivity contribution in [1.82, 2.24) is 0 Å². The number of para-hydroxylation sites is 1. The van der Waals surface area contributed by atoms with Crippen molar-refractivity contribution in [2.75, 3.05) is 5.08 Å². The van der Waals surface area contributed by atoms with Gasteiger partial charge in [0, 0.05) is 14.9 Å². The topological polar surface area (TPSA) is 66.8 Å². The van der Waals surface area contributed by atoms with E-state index in [0.29, 0.717) is 5.75 Å². The lowest BCUT2D eigenvalue weighted by atomic mass is 10.2. The van der Waals surface area contributed by atoms with Crippen LogP contribution < -0.4 is 0 Å². The molecule has 2 aromatic rings. The number of aromatic hydroxyl groups is 1.